The van der Waals surface area contributed by atoms with Gasteiger partial charge in [-0.3, -0.25) is 9.59 Å². The van der Waals surface area contributed by atoms with E-state index in [1.165, 1.54) is 4.90 Å². The van der Waals surface area contributed by atoms with Gasteiger partial charge in [0.1, 0.15) is 11.6 Å². The topological polar surface area (TPSA) is 66.6 Å². The molecule has 23 heavy (non-hydrogen) atoms. The van der Waals surface area contributed by atoms with Crippen LogP contribution in [0.4, 0.5) is 14.5 Å². The average Bonchev–Trinajstić information content (AvgIpc) is 3.12. The average molecular weight is 323 g/mol. The van der Waals surface area contributed by atoms with Crippen LogP contribution in [0, 0.1) is 23.5 Å². The highest BCUT2D eigenvalue weighted by molar-refractivity contribution is 6.00. The summed E-state index contributed by atoms with van der Waals surface area (Å²) < 4.78 is 26.7. The zero-order valence-electron chi connectivity index (χ0n) is 12.7. The summed E-state index contributed by atoms with van der Waals surface area (Å²) in [5.41, 5.74) is 5.78. The van der Waals surface area contributed by atoms with E-state index in [1.54, 1.807) is 4.90 Å². The Morgan fingerprint density at radius 3 is 2.52 bits per heavy atom. The molecule has 0 saturated carbocycles. The summed E-state index contributed by atoms with van der Waals surface area (Å²) in [5, 5.41) is 0. The Morgan fingerprint density at radius 1 is 1.22 bits per heavy atom. The van der Waals surface area contributed by atoms with E-state index in [0.717, 1.165) is 24.6 Å². The molecule has 0 aliphatic carbocycles. The maximum atomic E-state index is 13.3. The number of amides is 2. The van der Waals surface area contributed by atoms with Crippen molar-refractivity contribution in [2.45, 2.75) is 12.8 Å². The lowest BCUT2D eigenvalue weighted by atomic mass is 10.1. The molecule has 124 valence electrons. The third-order valence-corrected chi connectivity index (χ3v) is 4.56. The van der Waals surface area contributed by atoms with E-state index in [9.17, 15) is 18.4 Å². The predicted molar refractivity (Wildman–Crippen MR) is 80.6 cm³/mol. The van der Waals surface area contributed by atoms with E-state index in [2.05, 4.69) is 0 Å². The summed E-state index contributed by atoms with van der Waals surface area (Å²) in [6, 6.07) is 2.96. The lowest BCUT2D eigenvalue weighted by Crippen LogP contribution is -2.36. The van der Waals surface area contributed by atoms with Crippen LogP contribution >= 0.6 is 0 Å². The number of nitrogens with two attached hydrogens (primary N) is 1. The summed E-state index contributed by atoms with van der Waals surface area (Å²) in [5.74, 6) is -2.01. The number of nitrogens with zero attached hydrogens (tertiary/aromatic N) is 2. The number of hydrogen-bond donors (Lipinski definition) is 1. The number of anilines is 1. The van der Waals surface area contributed by atoms with Gasteiger partial charge in [-0.2, -0.15) is 0 Å². The maximum absolute atomic E-state index is 13.3. The molecule has 0 aromatic heterocycles. The summed E-state index contributed by atoms with van der Waals surface area (Å²) in [4.78, 5) is 27.7. The van der Waals surface area contributed by atoms with Gasteiger partial charge in [0.15, 0.2) is 0 Å². The molecule has 0 spiro atoms. The molecule has 7 heteroatoms. The SMILES string of the molecule is NC[C@@H]1CCN(C(=O)[C@H]2CC(=O)N(c3cc(F)cc(F)c3)C2)C1. The van der Waals surface area contributed by atoms with Crippen LogP contribution in [0.2, 0.25) is 0 Å². The fourth-order valence-corrected chi connectivity index (χ4v) is 3.30. The summed E-state index contributed by atoms with van der Waals surface area (Å²) in [7, 11) is 0. The van der Waals surface area contributed by atoms with Gasteiger partial charge in [-0.05, 0) is 31.0 Å². The number of benzene rings is 1. The molecule has 2 aliphatic heterocycles. The molecule has 0 radical (unpaired) electrons. The summed E-state index contributed by atoms with van der Waals surface area (Å²) in [6.45, 7) is 1.97. The van der Waals surface area contributed by atoms with Crippen LogP contribution in [-0.4, -0.2) is 42.9 Å². The highest BCUT2D eigenvalue weighted by Gasteiger charge is 2.39. The highest BCUT2D eigenvalue weighted by atomic mass is 19.1. The number of halogens is 2. The highest BCUT2D eigenvalue weighted by Crippen LogP contribution is 2.29. The maximum Gasteiger partial charge on any atom is 0.228 e. The van der Waals surface area contributed by atoms with Crippen molar-refractivity contribution >= 4 is 17.5 Å². The van der Waals surface area contributed by atoms with Crippen LogP contribution in [0.25, 0.3) is 0 Å². The van der Waals surface area contributed by atoms with Crippen molar-refractivity contribution in [2.24, 2.45) is 17.6 Å². The van der Waals surface area contributed by atoms with Crippen molar-refractivity contribution in [1.82, 2.24) is 4.90 Å². The fraction of sp³-hybridized carbons (Fsp3) is 0.500. The molecule has 5 nitrogen and oxygen atoms in total. The molecule has 3 rings (SSSR count). The minimum Gasteiger partial charge on any atom is -0.342 e. The minimum absolute atomic E-state index is 0.0702. The van der Waals surface area contributed by atoms with Gasteiger partial charge in [-0.15, -0.1) is 0 Å². The van der Waals surface area contributed by atoms with Crippen molar-refractivity contribution in [1.29, 1.82) is 0 Å². The number of likely N-dealkylation sites (tertiary alicyclic amines) is 1. The van der Waals surface area contributed by atoms with Gasteiger partial charge < -0.3 is 15.5 Å². The van der Waals surface area contributed by atoms with E-state index in [-0.39, 0.29) is 30.5 Å². The summed E-state index contributed by atoms with van der Waals surface area (Å²) in [6.07, 6.45) is 0.947. The molecule has 2 fully saturated rings. The predicted octanol–water partition coefficient (Wildman–Crippen LogP) is 1.12. The Balaban J connectivity index is 1.71. The van der Waals surface area contributed by atoms with Crippen molar-refractivity contribution in [3.63, 3.8) is 0 Å². The Bertz CT molecular complexity index is 618. The largest absolute Gasteiger partial charge is 0.342 e. The van der Waals surface area contributed by atoms with Crippen LogP contribution in [0.15, 0.2) is 18.2 Å². The van der Waals surface area contributed by atoms with Gasteiger partial charge in [-0.1, -0.05) is 0 Å². The number of carbonyl (C=O) groups is 2. The monoisotopic (exact) mass is 323 g/mol. The number of rotatable bonds is 3. The van der Waals surface area contributed by atoms with E-state index in [0.29, 0.717) is 25.6 Å². The lowest BCUT2D eigenvalue weighted by Gasteiger charge is -2.21. The van der Waals surface area contributed by atoms with Crippen LogP contribution < -0.4 is 10.6 Å². The molecule has 2 aliphatic rings. The van der Waals surface area contributed by atoms with E-state index < -0.39 is 17.6 Å². The van der Waals surface area contributed by atoms with E-state index in [4.69, 9.17) is 5.73 Å². The second kappa shape index (κ2) is 6.23. The molecule has 2 N–H and O–H groups in total. The second-order valence-corrected chi connectivity index (χ2v) is 6.21. The zero-order valence-corrected chi connectivity index (χ0v) is 12.7. The molecular formula is C16H19F2N3O2. The van der Waals surface area contributed by atoms with Gasteiger partial charge in [0, 0.05) is 37.8 Å². The standard InChI is InChI=1S/C16H19F2N3O2/c17-12-4-13(18)6-14(5-12)21-9-11(3-15(21)22)16(23)20-2-1-10(7-19)8-20/h4-6,10-11H,1-3,7-9,19H2/t10-,11-/m0/s1. The molecule has 2 heterocycles. The Kier molecular flexibility index (Phi) is 4.30. The minimum atomic E-state index is -0.743. The lowest BCUT2D eigenvalue weighted by molar-refractivity contribution is -0.134. The molecule has 2 atom stereocenters. The Hall–Kier alpha value is -2.02. The van der Waals surface area contributed by atoms with Crippen molar-refractivity contribution in [3.8, 4) is 0 Å². The van der Waals surface area contributed by atoms with Gasteiger partial charge in [0.05, 0.1) is 5.92 Å². The third-order valence-electron chi connectivity index (χ3n) is 4.56. The van der Waals surface area contributed by atoms with E-state index in [1.807, 2.05) is 0 Å². The Morgan fingerprint density at radius 2 is 1.91 bits per heavy atom. The molecule has 2 amide bonds. The van der Waals surface area contributed by atoms with Crippen LogP contribution in [0.5, 0.6) is 0 Å². The Labute approximate surface area is 133 Å². The van der Waals surface area contributed by atoms with Crippen molar-refractivity contribution in [2.75, 3.05) is 31.1 Å². The first-order valence-corrected chi connectivity index (χ1v) is 7.73. The van der Waals surface area contributed by atoms with Gasteiger partial charge in [0.2, 0.25) is 11.8 Å². The van der Waals surface area contributed by atoms with E-state index >= 15 is 0 Å². The smallest absolute Gasteiger partial charge is 0.228 e. The molecule has 2 saturated heterocycles. The molecule has 0 bridgehead atoms. The number of carbonyl (C=O) groups excluding carboxylic acids is 2. The van der Waals surface area contributed by atoms with Gasteiger partial charge >= 0.3 is 0 Å². The van der Waals surface area contributed by atoms with Crippen LogP contribution in [0.3, 0.4) is 0 Å². The first kappa shape index (κ1) is 15.9. The number of hydrogen-bond acceptors (Lipinski definition) is 3. The van der Waals surface area contributed by atoms with Crippen molar-refractivity contribution in [3.05, 3.63) is 29.8 Å². The van der Waals surface area contributed by atoms with Gasteiger partial charge in [-0.25, -0.2) is 8.78 Å². The third kappa shape index (κ3) is 3.19. The second-order valence-electron chi connectivity index (χ2n) is 6.21. The first-order chi connectivity index (χ1) is 11.0. The normalized spacial score (nSPS) is 24.6. The van der Waals surface area contributed by atoms with Gasteiger partial charge in [0.25, 0.3) is 0 Å². The quantitative estimate of drug-likeness (QED) is 0.907. The molecule has 1 aromatic carbocycles. The van der Waals surface area contributed by atoms with Crippen molar-refractivity contribution < 1.29 is 18.4 Å². The first-order valence-electron chi connectivity index (χ1n) is 7.73. The summed E-state index contributed by atoms with van der Waals surface area (Å²) >= 11 is 0. The van der Waals surface area contributed by atoms with Crippen LogP contribution in [0.1, 0.15) is 12.8 Å². The fourth-order valence-electron chi connectivity index (χ4n) is 3.30. The molecular weight excluding hydrogens is 304 g/mol. The van der Waals surface area contributed by atoms with Crippen LogP contribution in [-0.2, 0) is 9.59 Å². The zero-order chi connectivity index (χ0) is 16.6. The molecule has 1 aromatic rings. The molecule has 0 unspecified atom stereocenters.